The summed E-state index contributed by atoms with van der Waals surface area (Å²) in [5.74, 6) is 5.46. The molecule has 0 unspecified atom stereocenters. The van der Waals surface area contributed by atoms with Gasteiger partial charge in [-0.15, -0.1) is 0 Å². The minimum atomic E-state index is -0.307. The number of carbonyl (C=O) groups excluding carboxylic acids is 1. The van der Waals surface area contributed by atoms with Gasteiger partial charge < -0.3 is 14.9 Å². The van der Waals surface area contributed by atoms with Crippen LogP contribution in [0.25, 0.3) is 0 Å². The first-order chi connectivity index (χ1) is 9.29. The van der Waals surface area contributed by atoms with E-state index in [9.17, 15) is 4.79 Å². The van der Waals surface area contributed by atoms with Crippen LogP contribution in [0.2, 0.25) is 0 Å². The summed E-state index contributed by atoms with van der Waals surface area (Å²) >= 11 is 0. The van der Waals surface area contributed by atoms with E-state index in [2.05, 4.69) is 27.3 Å². The van der Waals surface area contributed by atoms with Crippen LogP contribution < -0.4 is 5.32 Å². The summed E-state index contributed by atoms with van der Waals surface area (Å²) in [6.45, 7) is 0.0476. The van der Waals surface area contributed by atoms with Crippen LogP contribution in [0.15, 0.2) is 35.1 Å². The molecule has 2 aromatic heterocycles. The number of aliphatic hydroxyl groups excluding tert-OH is 1. The minimum Gasteiger partial charge on any atom is -0.384 e. The minimum absolute atomic E-state index is 0.209. The monoisotopic (exact) mass is 257 g/mol. The summed E-state index contributed by atoms with van der Waals surface area (Å²) < 4.78 is 4.86. The van der Waals surface area contributed by atoms with Crippen molar-refractivity contribution < 1.29 is 14.4 Å². The first-order valence-corrected chi connectivity index (χ1v) is 5.53. The van der Waals surface area contributed by atoms with Gasteiger partial charge in [-0.25, -0.2) is 4.98 Å². The zero-order chi connectivity index (χ0) is 13.5. The van der Waals surface area contributed by atoms with Crippen LogP contribution >= 0.6 is 0 Å². The van der Waals surface area contributed by atoms with Crippen LogP contribution in [-0.4, -0.2) is 27.8 Å². The number of amides is 1. The standard InChI is InChI=1S/C13H11N3O3/c17-7-1-2-10-3-4-12(14-8-10)13(18)15-9-11-5-6-16-19-11/h3-6,8,17H,7,9H2,(H,15,18). The molecule has 2 N–H and O–H groups in total. The van der Waals surface area contributed by atoms with Crippen LogP contribution in [0.5, 0.6) is 0 Å². The van der Waals surface area contributed by atoms with Crippen LogP contribution in [0.1, 0.15) is 21.8 Å². The van der Waals surface area contributed by atoms with Gasteiger partial charge in [-0.1, -0.05) is 17.0 Å². The molecule has 0 aliphatic rings. The molecule has 0 radical (unpaired) electrons. The second-order valence-electron chi connectivity index (χ2n) is 3.55. The maximum atomic E-state index is 11.8. The molecule has 0 saturated heterocycles. The molecule has 0 aromatic carbocycles. The van der Waals surface area contributed by atoms with E-state index >= 15 is 0 Å². The molecule has 0 fully saturated rings. The van der Waals surface area contributed by atoms with E-state index in [0.717, 1.165) is 0 Å². The molecule has 19 heavy (non-hydrogen) atoms. The molecule has 0 atom stereocenters. The van der Waals surface area contributed by atoms with E-state index in [0.29, 0.717) is 11.3 Å². The van der Waals surface area contributed by atoms with Crippen LogP contribution in [0.3, 0.4) is 0 Å². The molecule has 0 spiro atoms. The van der Waals surface area contributed by atoms with Crippen molar-refractivity contribution in [1.29, 1.82) is 0 Å². The van der Waals surface area contributed by atoms with Crippen LogP contribution in [0.4, 0.5) is 0 Å². The smallest absolute Gasteiger partial charge is 0.270 e. The Hall–Kier alpha value is -2.65. The van der Waals surface area contributed by atoms with Gasteiger partial charge in [0.25, 0.3) is 5.91 Å². The number of nitrogens with one attached hydrogen (secondary N) is 1. The van der Waals surface area contributed by atoms with Gasteiger partial charge in [0.2, 0.25) is 0 Å². The Bertz CT molecular complexity index is 594. The number of aliphatic hydroxyl groups is 1. The van der Waals surface area contributed by atoms with Crippen LogP contribution in [0, 0.1) is 11.8 Å². The fraction of sp³-hybridized carbons (Fsp3) is 0.154. The lowest BCUT2D eigenvalue weighted by atomic mass is 10.2. The van der Waals surface area contributed by atoms with Crippen molar-refractivity contribution in [3.8, 4) is 11.8 Å². The normalized spacial score (nSPS) is 9.53. The molecular formula is C13H11N3O3. The molecule has 96 valence electrons. The number of aromatic nitrogens is 2. The number of carbonyl (C=O) groups is 1. The predicted molar refractivity (Wildman–Crippen MR) is 65.9 cm³/mol. The average molecular weight is 257 g/mol. The maximum Gasteiger partial charge on any atom is 0.270 e. The van der Waals surface area contributed by atoms with Gasteiger partial charge in [0.15, 0.2) is 5.76 Å². The lowest BCUT2D eigenvalue weighted by Gasteiger charge is -2.01. The highest BCUT2D eigenvalue weighted by Gasteiger charge is 2.07. The number of nitrogens with zero attached hydrogens (tertiary/aromatic N) is 2. The first kappa shape index (κ1) is 12.8. The average Bonchev–Trinajstić information content (AvgIpc) is 2.96. The fourth-order valence-electron chi connectivity index (χ4n) is 1.33. The summed E-state index contributed by atoms with van der Waals surface area (Å²) in [5, 5.41) is 14.7. The molecule has 0 aliphatic heterocycles. The van der Waals surface area contributed by atoms with Gasteiger partial charge in [-0.3, -0.25) is 4.79 Å². The van der Waals surface area contributed by atoms with Gasteiger partial charge in [0.1, 0.15) is 12.3 Å². The van der Waals surface area contributed by atoms with E-state index < -0.39 is 0 Å². The van der Waals surface area contributed by atoms with E-state index in [4.69, 9.17) is 9.63 Å². The largest absolute Gasteiger partial charge is 0.384 e. The summed E-state index contributed by atoms with van der Waals surface area (Å²) in [6.07, 6.45) is 2.99. The molecule has 0 saturated carbocycles. The van der Waals surface area contributed by atoms with Gasteiger partial charge in [0.05, 0.1) is 12.7 Å². The highest BCUT2D eigenvalue weighted by Crippen LogP contribution is 2.00. The van der Waals surface area contributed by atoms with Gasteiger partial charge >= 0.3 is 0 Å². The Morgan fingerprint density at radius 3 is 2.95 bits per heavy atom. The summed E-state index contributed by atoms with van der Waals surface area (Å²) in [5.41, 5.74) is 0.926. The van der Waals surface area contributed by atoms with Gasteiger partial charge in [-0.2, -0.15) is 0 Å². The summed E-state index contributed by atoms with van der Waals surface area (Å²) in [4.78, 5) is 15.7. The molecule has 0 aliphatic carbocycles. The van der Waals surface area contributed by atoms with E-state index in [1.54, 1.807) is 18.2 Å². The Labute approximate surface area is 109 Å². The Morgan fingerprint density at radius 1 is 1.42 bits per heavy atom. The number of rotatable bonds is 3. The molecule has 6 heteroatoms. The Kier molecular flexibility index (Phi) is 4.26. The molecule has 2 heterocycles. The quantitative estimate of drug-likeness (QED) is 0.774. The van der Waals surface area contributed by atoms with E-state index in [1.807, 2.05) is 0 Å². The molecule has 2 rings (SSSR count). The molecule has 0 bridgehead atoms. The lowest BCUT2D eigenvalue weighted by molar-refractivity contribution is 0.0942. The third kappa shape index (κ3) is 3.66. The first-order valence-electron chi connectivity index (χ1n) is 5.53. The third-order valence-corrected chi connectivity index (χ3v) is 2.22. The lowest BCUT2D eigenvalue weighted by Crippen LogP contribution is -2.23. The molecule has 1 amide bonds. The SMILES string of the molecule is O=C(NCc1ccno1)c1ccc(C#CCO)cn1. The topological polar surface area (TPSA) is 88.2 Å². The van der Waals surface area contributed by atoms with Crippen LogP contribution in [-0.2, 0) is 6.54 Å². The van der Waals surface area contributed by atoms with E-state index in [-0.39, 0.29) is 24.8 Å². The van der Waals surface area contributed by atoms with E-state index in [1.165, 1.54) is 12.4 Å². The second-order valence-corrected chi connectivity index (χ2v) is 3.55. The highest BCUT2D eigenvalue weighted by atomic mass is 16.5. The zero-order valence-electron chi connectivity index (χ0n) is 9.96. The number of hydrogen-bond acceptors (Lipinski definition) is 5. The molecular weight excluding hydrogens is 246 g/mol. The fourth-order valence-corrected chi connectivity index (χ4v) is 1.33. The van der Waals surface area contributed by atoms with Gasteiger partial charge in [0, 0.05) is 17.8 Å². The van der Waals surface area contributed by atoms with Crippen molar-refractivity contribution in [1.82, 2.24) is 15.5 Å². The van der Waals surface area contributed by atoms with Crippen molar-refractivity contribution in [3.05, 3.63) is 47.6 Å². The number of hydrogen-bond donors (Lipinski definition) is 2. The highest BCUT2D eigenvalue weighted by molar-refractivity contribution is 5.92. The third-order valence-electron chi connectivity index (χ3n) is 2.22. The Balaban J connectivity index is 1.95. The van der Waals surface area contributed by atoms with Crippen molar-refractivity contribution in [2.75, 3.05) is 6.61 Å². The molecule has 6 nitrogen and oxygen atoms in total. The predicted octanol–water partition coefficient (Wildman–Crippen LogP) is 0.343. The maximum absolute atomic E-state index is 11.8. The summed E-state index contributed by atoms with van der Waals surface area (Å²) in [6, 6.07) is 4.90. The van der Waals surface area contributed by atoms with Crippen molar-refractivity contribution >= 4 is 5.91 Å². The zero-order valence-corrected chi connectivity index (χ0v) is 9.96. The van der Waals surface area contributed by atoms with Gasteiger partial charge in [-0.05, 0) is 12.1 Å². The molecule has 2 aromatic rings. The summed E-state index contributed by atoms with van der Waals surface area (Å²) in [7, 11) is 0. The van der Waals surface area contributed by atoms with Crippen molar-refractivity contribution in [2.45, 2.75) is 6.54 Å². The Morgan fingerprint density at radius 2 is 2.32 bits per heavy atom. The van der Waals surface area contributed by atoms with Crippen molar-refractivity contribution in [2.24, 2.45) is 0 Å². The number of pyridine rings is 1. The second kappa shape index (κ2) is 6.33. The van der Waals surface area contributed by atoms with Crippen molar-refractivity contribution in [3.63, 3.8) is 0 Å².